The fourth-order valence-electron chi connectivity index (χ4n) is 3.52. The average Bonchev–Trinajstić information content (AvgIpc) is 2.56. The SMILES string of the molecule is CC[C@@H]1C(=O)c2ccccc2[C@H](CC)C(=O)c2ccccc21. The van der Waals surface area contributed by atoms with E-state index in [1.807, 2.05) is 62.4 Å². The summed E-state index contributed by atoms with van der Waals surface area (Å²) in [4.78, 5) is 26.1. The normalized spacial score (nSPS) is 20.8. The second kappa shape index (κ2) is 5.88. The maximum atomic E-state index is 13.0. The van der Waals surface area contributed by atoms with Gasteiger partial charge in [0, 0.05) is 23.0 Å². The Morgan fingerprint density at radius 2 is 1.05 bits per heavy atom. The first-order valence-corrected chi connectivity index (χ1v) is 7.95. The van der Waals surface area contributed by atoms with E-state index in [4.69, 9.17) is 0 Å². The van der Waals surface area contributed by atoms with Gasteiger partial charge >= 0.3 is 0 Å². The molecule has 2 heteroatoms. The summed E-state index contributed by atoms with van der Waals surface area (Å²) in [6.45, 7) is 4.01. The van der Waals surface area contributed by atoms with Crippen LogP contribution < -0.4 is 0 Å². The van der Waals surface area contributed by atoms with Crippen LogP contribution in [0.2, 0.25) is 0 Å². The quantitative estimate of drug-likeness (QED) is 0.800. The van der Waals surface area contributed by atoms with Crippen molar-refractivity contribution in [2.75, 3.05) is 0 Å². The summed E-state index contributed by atoms with van der Waals surface area (Å²) in [5.41, 5.74) is 3.19. The van der Waals surface area contributed by atoms with Crippen LogP contribution >= 0.6 is 0 Å². The van der Waals surface area contributed by atoms with Crippen molar-refractivity contribution in [2.24, 2.45) is 0 Å². The maximum absolute atomic E-state index is 13.0. The molecule has 2 aromatic carbocycles. The molecular weight excluding hydrogens is 272 g/mol. The Morgan fingerprint density at radius 3 is 1.41 bits per heavy atom. The lowest BCUT2D eigenvalue weighted by molar-refractivity contribution is 0.0932. The highest BCUT2D eigenvalue weighted by Crippen LogP contribution is 2.37. The van der Waals surface area contributed by atoms with Gasteiger partial charge in [0.2, 0.25) is 0 Å². The summed E-state index contributed by atoms with van der Waals surface area (Å²) in [5.74, 6) is -0.203. The average molecular weight is 292 g/mol. The largest absolute Gasteiger partial charge is 0.293 e. The van der Waals surface area contributed by atoms with E-state index in [1.54, 1.807) is 0 Å². The Kier molecular flexibility index (Phi) is 3.93. The van der Waals surface area contributed by atoms with Gasteiger partial charge in [-0.25, -0.2) is 0 Å². The minimum Gasteiger partial charge on any atom is -0.293 e. The summed E-state index contributed by atoms with van der Waals surface area (Å²) in [6.07, 6.45) is 1.41. The van der Waals surface area contributed by atoms with Crippen molar-refractivity contribution in [1.82, 2.24) is 0 Å². The molecule has 1 aliphatic carbocycles. The molecule has 0 spiro atoms. The first kappa shape index (κ1) is 14.7. The predicted molar refractivity (Wildman–Crippen MR) is 87.6 cm³/mol. The lowest BCUT2D eigenvalue weighted by atomic mass is 9.75. The van der Waals surface area contributed by atoms with Gasteiger partial charge in [-0.3, -0.25) is 9.59 Å². The number of Topliss-reactive ketones (excluding diaryl/α,β-unsaturated/α-hetero) is 2. The molecule has 22 heavy (non-hydrogen) atoms. The zero-order chi connectivity index (χ0) is 15.7. The molecule has 0 radical (unpaired) electrons. The van der Waals surface area contributed by atoms with Gasteiger partial charge in [0.1, 0.15) is 0 Å². The number of carbonyl (C=O) groups excluding carboxylic acids is 2. The zero-order valence-corrected chi connectivity index (χ0v) is 13.0. The van der Waals surface area contributed by atoms with Crippen molar-refractivity contribution in [2.45, 2.75) is 38.5 Å². The molecular formula is C20H20O2. The summed E-state index contributed by atoms with van der Waals surface area (Å²) in [5, 5.41) is 0. The molecule has 0 fully saturated rings. The number of hydrogen-bond donors (Lipinski definition) is 0. The molecule has 0 unspecified atom stereocenters. The van der Waals surface area contributed by atoms with Gasteiger partial charge in [0.15, 0.2) is 11.6 Å². The van der Waals surface area contributed by atoms with Crippen LogP contribution in [0.3, 0.4) is 0 Å². The number of carbonyl (C=O) groups is 2. The van der Waals surface area contributed by atoms with E-state index >= 15 is 0 Å². The Bertz CT molecular complexity index is 666. The van der Waals surface area contributed by atoms with Crippen molar-refractivity contribution in [3.63, 3.8) is 0 Å². The molecule has 2 atom stereocenters. The van der Waals surface area contributed by atoms with Crippen LogP contribution in [-0.4, -0.2) is 11.6 Å². The van der Waals surface area contributed by atoms with E-state index in [2.05, 4.69) is 0 Å². The number of rotatable bonds is 2. The number of fused-ring (bicyclic) bond motifs is 2. The van der Waals surface area contributed by atoms with Gasteiger partial charge in [-0.1, -0.05) is 62.4 Å². The van der Waals surface area contributed by atoms with Gasteiger partial charge in [-0.2, -0.15) is 0 Å². The van der Waals surface area contributed by atoms with Gasteiger partial charge in [-0.05, 0) is 24.0 Å². The third-order valence-electron chi connectivity index (χ3n) is 4.65. The Hall–Kier alpha value is -2.22. The lowest BCUT2D eigenvalue weighted by Crippen LogP contribution is -2.25. The molecule has 0 aliphatic heterocycles. The number of ketones is 2. The first-order chi connectivity index (χ1) is 10.7. The zero-order valence-electron chi connectivity index (χ0n) is 13.0. The van der Waals surface area contributed by atoms with Crippen molar-refractivity contribution in [1.29, 1.82) is 0 Å². The van der Waals surface area contributed by atoms with E-state index in [-0.39, 0.29) is 23.4 Å². The number of hydrogen-bond acceptors (Lipinski definition) is 2. The summed E-state index contributed by atoms with van der Waals surface area (Å²) >= 11 is 0. The van der Waals surface area contributed by atoms with Crippen LogP contribution in [-0.2, 0) is 0 Å². The van der Waals surface area contributed by atoms with Crippen LogP contribution in [0.15, 0.2) is 48.5 Å². The van der Waals surface area contributed by atoms with Gasteiger partial charge in [0.05, 0.1) is 0 Å². The smallest absolute Gasteiger partial charge is 0.170 e. The molecule has 0 saturated heterocycles. The van der Waals surface area contributed by atoms with Crippen LogP contribution in [0.4, 0.5) is 0 Å². The first-order valence-electron chi connectivity index (χ1n) is 7.95. The van der Waals surface area contributed by atoms with Crippen molar-refractivity contribution in [3.8, 4) is 0 Å². The fraction of sp³-hybridized carbons (Fsp3) is 0.300. The van der Waals surface area contributed by atoms with E-state index in [0.29, 0.717) is 24.0 Å². The standard InChI is InChI=1S/C20H20O2/c1-3-13-15-9-5-7-11-17(15)20(22)14(4-2)16-10-6-8-12-18(16)19(13)21/h5-14H,3-4H2,1-2H3/t13-,14-/m0/s1. The van der Waals surface area contributed by atoms with Crippen molar-refractivity contribution >= 4 is 11.6 Å². The van der Waals surface area contributed by atoms with E-state index in [9.17, 15) is 9.59 Å². The molecule has 2 aromatic rings. The minimum atomic E-state index is -0.237. The van der Waals surface area contributed by atoms with E-state index in [0.717, 1.165) is 11.1 Å². The van der Waals surface area contributed by atoms with Crippen LogP contribution in [0.25, 0.3) is 0 Å². The highest BCUT2D eigenvalue weighted by Gasteiger charge is 2.34. The topological polar surface area (TPSA) is 34.1 Å². The summed E-state index contributed by atoms with van der Waals surface area (Å²) in [7, 11) is 0. The fourth-order valence-corrected chi connectivity index (χ4v) is 3.52. The van der Waals surface area contributed by atoms with E-state index in [1.165, 1.54) is 0 Å². The van der Waals surface area contributed by atoms with Gasteiger partial charge in [-0.15, -0.1) is 0 Å². The molecule has 112 valence electrons. The van der Waals surface area contributed by atoms with Crippen molar-refractivity contribution in [3.05, 3.63) is 70.8 Å². The Morgan fingerprint density at radius 1 is 0.682 bits per heavy atom. The third kappa shape index (κ3) is 2.19. The molecule has 0 bridgehead atoms. The molecule has 0 aromatic heterocycles. The van der Waals surface area contributed by atoms with Crippen LogP contribution in [0.1, 0.15) is 70.4 Å². The van der Waals surface area contributed by atoms with E-state index < -0.39 is 0 Å². The van der Waals surface area contributed by atoms with Crippen molar-refractivity contribution < 1.29 is 9.59 Å². The summed E-state index contributed by atoms with van der Waals surface area (Å²) in [6, 6.07) is 15.2. The second-order valence-corrected chi connectivity index (χ2v) is 5.82. The maximum Gasteiger partial charge on any atom is 0.170 e. The molecule has 2 nitrogen and oxygen atoms in total. The monoisotopic (exact) mass is 292 g/mol. The second-order valence-electron chi connectivity index (χ2n) is 5.82. The Labute approximate surface area is 131 Å². The minimum absolute atomic E-state index is 0.136. The molecule has 1 aliphatic rings. The Balaban J connectivity index is 2.29. The molecule has 0 N–H and O–H groups in total. The molecule has 0 saturated carbocycles. The van der Waals surface area contributed by atoms with Crippen LogP contribution in [0.5, 0.6) is 0 Å². The van der Waals surface area contributed by atoms with Crippen LogP contribution in [0, 0.1) is 0 Å². The van der Waals surface area contributed by atoms with Gasteiger partial charge in [0.25, 0.3) is 0 Å². The number of benzene rings is 2. The molecule has 0 heterocycles. The highest BCUT2D eigenvalue weighted by molar-refractivity contribution is 6.10. The highest BCUT2D eigenvalue weighted by atomic mass is 16.1. The third-order valence-corrected chi connectivity index (χ3v) is 4.65. The predicted octanol–water partition coefficient (Wildman–Crippen LogP) is 4.75. The lowest BCUT2D eigenvalue weighted by Gasteiger charge is -2.26. The molecule has 3 rings (SSSR count). The molecule has 0 amide bonds. The van der Waals surface area contributed by atoms with Gasteiger partial charge < -0.3 is 0 Å². The summed E-state index contributed by atoms with van der Waals surface area (Å²) < 4.78 is 0.